The minimum atomic E-state index is -0.0806. The van der Waals surface area contributed by atoms with Gasteiger partial charge in [0.05, 0.1) is 5.69 Å². The predicted molar refractivity (Wildman–Crippen MR) is 91.3 cm³/mol. The number of fused-ring (bicyclic) bond motifs is 1. The van der Waals surface area contributed by atoms with Gasteiger partial charge in [0.15, 0.2) is 0 Å². The van der Waals surface area contributed by atoms with Gasteiger partial charge in [-0.25, -0.2) is 0 Å². The van der Waals surface area contributed by atoms with Crippen LogP contribution in [0.3, 0.4) is 0 Å². The standard InChI is InChI=1S/C16H16N2OS2/c1-10-4-5-13-12(9-10)14(17)15(21-13)16(19)18-7-6-11-3-2-8-20-11/h2-5,8-9H,6-7,17H2,1H3,(H,18,19). The molecule has 3 nitrogen and oxygen atoms in total. The molecule has 0 bridgehead atoms. The second kappa shape index (κ2) is 5.87. The summed E-state index contributed by atoms with van der Waals surface area (Å²) in [4.78, 5) is 14.2. The molecule has 1 aromatic carbocycles. The number of benzene rings is 1. The van der Waals surface area contributed by atoms with Crippen LogP contribution in [-0.4, -0.2) is 12.5 Å². The summed E-state index contributed by atoms with van der Waals surface area (Å²) in [5, 5.41) is 5.97. The first-order valence-electron chi connectivity index (χ1n) is 6.74. The van der Waals surface area contributed by atoms with Crippen LogP contribution >= 0.6 is 22.7 Å². The first-order chi connectivity index (χ1) is 10.1. The molecule has 0 saturated carbocycles. The molecule has 0 atom stereocenters. The number of carbonyl (C=O) groups is 1. The fraction of sp³-hybridized carbons (Fsp3) is 0.188. The quantitative estimate of drug-likeness (QED) is 0.768. The summed E-state index contributed by atoms with van der Waals surface area (Å²) in [6, 6.07) is 10.2. The number of hydrogen-bond acceptors (Lipinski definition) is 4. The molecule has 3 rings (SSSR count). The highest BCUT2D eigenvalue weighted by Gasteiger charge is 2.16. The van der Waals surface area contributed by atoms with Gasteiger partial charge < -0.3 is 11.1 Å². The Balaban J connectivity index is 1.73. The van der Waals surface area contributed by atoms with Gasteiger partial charge in [-0.1, -0.05) is 17.7 Å². The Kier molecular flexibility index (Phi) is 3.94. The maximum absolute atomic E-state index is 12.3. The van der Waals surface area contributed by atoms with Gasteiger partial charge in [0.1, 0.15) is 4.88 Å². The highest BCUT2D eigenvalue weighted by molar-refractivity contribution is 7.21. The average molecular weight is 316 g/mol. The third-order valence-corrected chi connectivity index (χ3v) is 5.45. The van der Waals surface area contributed by atoms with E-state index in [4.69, 9.17) is 5.73 Å². The Morgan fingerprint density at radius 3 is 2.95 bits per heavy atom. The highest BCUT2D eigenvalue weighted by atomic mass is 32.1. The number of nitrogen functional groups attached to an aromatic ring is 1. The minimum Gasteiger partial charge on any atom is -0.397 e. The van der Waals surface area contributed by atoms with Crippen LogP contribution in [0.15, 0.2) is 35.7 Å². The third-order valence-electron chi connectivity index (χ3n) is 3.33. The second-order valence-electron chi connectivity index (χ2n) is 4.93. The van der Waals surface area contributed by atoms with Crippen LogP contribution in [0, 0.1) is 6.92 Å². The highest BCUT2D eigenvalue weighted by Crippen LogP contribution is 2.34. The van der Waals surface area contributed by atoms with Gasteiger partial charge in [-0.15, -0.1) is 22.7 Å². The molecule has 21 heavy (non-hydrogen) atoms. The van der Waals surface area contributed by atoms with Crippen molar-refractivity contribution in [3.8, 4) is 0 Å². The Hall–Kier alpha value is -1.85. The summed E-state index contributed by atoms with van der Waals surface area (Å²) in [5.41, 5.74) is 7.87. The average Bonchev–Trinajstić information content (AvgIpc) is 3.08. The number of nitrogens with two attached hydrogens (primary N) is 1. The zero-order valence-electron chi connectivity index (χ0n) is 11.7. The van der Waals surface area contributed by atoms with Crippen molar-refractivity contribution < 1.29 is 4.79 Å². The summed E-state index contributed by atoms with van der Waals surface area (Å²) in [7, 11) is 0. The van der Waals surface area contributed by atoms with Crippen molar-refractivity contribution in [1.29, 1.82) is 0 Å². The molecule has 0 aliphatic rings. The fourth-order valence-electron chi connectivity index (χ4n) is 2.23. The lowest BCUT2D eigenvalue weighted by atomic mass is 10.1. The van der Waals surface area contributed by atoms with Crippen molar-refractivity contribution in [2.75, 3.05) is 12.3 Å². The van der Waals surface area contributed by atoms with Crippen molar-refractivity contribution >= 4 is 44.4 Å². The lowest BCUT2D eigenvalue weighted by Gasteiger charge is -2.03. The molecule has 2 aromatic heterocycles. The van der Waals surface area contributed by atoms with Gasteiger partial charge in [0.2, 0.25) is 0 Å². The molecule has 0 saturated heterocycles. The molecular formula is C16H16N2OS2. The fourth-order valence-corrected chi connectivity index (χ4v) is 3.96. The first kappa shape index (κ1) is 14.1. The molecule has 0 radical (unpaired) electrons. The van der Waals surface area contributed by atoms with E-state index in [2.05, 4.69) is 11.4 Å². The molecule has 108 valence electrons. The SMILES string of the molecule is Cc1ccc2sc(C(=O)NCCc3cccs3)c(N)c2c1. The summed E-state index contributed by atoms with van der Waals surface area (Å²) < 4.78 is 1.06. The number of amides is 1. The Morgan fingerprint density at radius 1 is 1.33 bits per heavy atom. The smallest absolute Gasteiger partial charge is 0.263 e. The second-order valence-corrected chi connectivity index (χ2v) is 7.01. The van der Waals surface area contributed by atoms with Crippen LogP contribution in [0.5, 0.6) is 0 Å². The molecule has 1 amide bonds. The normalized spacial score (nSPS) is 10.9. The number of rotatable bonds is 4. The van der Waals surface area contributed by atoms with E-state index in [1.165, 1.54) is 16.2 Å². The predicted octanol–water partition coefficient (Wildman–Crippen LogP) is 3.83. The molecule has 3 N–H and O–H groups in total. The summed E-state index contributed by atoms with van der Waals surface area (Å²) in [6.07, 6.45) is 0.854. The van der Waals surface area contributed by atoms with Crippen LogP contribution in [0.25, 0.3) is 10.1 Å². The van der Waals surface area contributed by atoms with Gasteiger partial charge >= 0.3 is 0 Å². The summed E-state index contributed by atoms with van der Waals surface area (Å²) >= 11 is 3.16. The molecule has 5 heteroatoms. The zero-order valence-corrected chi connectivity index (χ0v) is 13.3. The summed E-state index contributed by atoms with van der Waals surface area (Å²) in [6.45, 7) is 2.66. The number of anilines is 1. The number of thiophene rings is 2. The first-order valence-corrected chi connectivity index (χ1v) is 8.44. The summed E-state index contributed by atoms with van der Waals surface area (Å²) in [5.74, 6) is -0.0806. The lowest BCUT2D eigenvalue weighted by molar-refractivity contribution is 0.0959. The van der Waals surface area contributed by atoms with Crippen molar-refractivity contribution in [3.05, 3.63) is 51.0 Å². The molecule has 0 aliphatic heterocycles. The number of hydrogen-bond donors (Lipinski definition) is 2. The Morgan fingerprint density at radius 2 is 2.19 bits per heavy atom. The van der Waals surface area contributed by atoms with E-state index in [-0.39, 0.29) is 5.91 Å². The van der Waals surface area contributed by atoms with Gasteiger partial charge in [0.25, 0.3) is 5.91 Å². The van der Waals surface area contributed by atoms with Gasteiger partial charge in [-0.2, -0.15) is 0 Å². The van der Waals surface area contributed by atoms with E-state index in [0.29, 0.717) is 17.1 Å². The van der Waals surface area contributed by atoms with Gasteiger partial charge in [-0.05, 0) is 36.9 Å². The number of aryl methyl sites for hydroxylation is 1. The van der Waals surface area contributed by atoms with Crippen LogP contribution in [0.2, 0.25) is 0 Å². The van der Waals surface area contributed by atoms with Crippen molar-refractivity contribution in [2.45, 2.75) is 13.3 Å². The molecular weight excluding hydrogens is 300 g/mol. The van der Waals surface area contributed by atoms with E-state index < -0.39 is 0 Å². The molecule has 3 aromatic rings. The van der Waals surface area contributed by atoms with Crippen LogP contribution in [0.1, 0.15) is 20.1 Å². The van der Waals surface area contributed by atoms with Crippen molar-refractivity contribution in [1.82, 2.24) is 5.32 Å². The van der Waals surface area contributed by atoms with E-state index in [0.717, 1.165) is 22.1 Å². The monoisotopic (exact) mass is 316 g/mol. The van der Waals surface area contributed by atoms with Crippen molar-refractivity contribution in [2.24, 2.45) is 0 Å². The van der Waals surface area contributed by atoms with Crippen LogP contribution < -0.4 is 11.1 Å². The maximum Gasteiger partial charge on any atom is 0.263 e. The molecule has 0 fully saturated rings. The topological polar surface area (TPSA) is 55.1 Å². The molecule has 0 unspecified atom stereocenters. The third kappa shape index (κ3) is 2.94. The number of carbonyl (C=O) groups excluding carboxylic acids is 1. The van der Waals surface area contributed by atoms with E-state index in [1.807, 2.05) is 36.6 Å². The maximum atomic E-state index is 12.3. The van der Waals surface area contributed by atoms with Crippen LogP contribution in [-0.2, 0) is 6.42 Å². The van der Waals surface area contributed by atoms with Gasteiger partial charge in [-0.3, -0.25) is 4.79 Å². The lowest BCUT2D eigenvalue weighted by Crippen LogP contribution is -2.25. The minimum absolute atomic E-state index is 0.0806. The van der Waals surface area contributed by atoms with Gasteiger partial charge in [0, 0.05) is 21.5 Å². The molecule has 0 spiro atoms. The van der Waals surface area contributed by atoms with E-state index in [9.17, 15) is 4.79 Å². The van der Waals surface area contributed by atoms with Crippen molar-refractivity contribution in [3.63, 3.8) is 0 Å². The molecule has 2 heterocycles. The van der Waals surface area contributed by atoms with E-state index in [1.54, 1.807) is 11.3 Å². The number of nitrogens with one attached hydrogen (secondary N) is 1. The Labute approximate surface area is 131 Å². The van der Waals surface area contributed by atoms with E-state index >= 15 is 0 Å². The van der Waals surface area contributed by atoms with Crippen LogP contribution in [0.4, 0.5) is 5.69 Å². The zero-order chi connectivity index (χ0) is 14.8. The largest absolute Gasteiger partial charge is 0.397 e. The molecule has 0 aliphatic carbocycles. The Bertz CT molecular complexity index is 775.